The highest BCUT2D eigenvalue weighted by Gasteiger charge is 2.39. The normalized spacial score (nSPS) is 20.0. The molecule has 5 heteroatoms. The lowest BCUT2D eigenvalue weighted by Crippen LogP contribution is -2.42. The van der Waals surface area contributed by atoms with Crippen molar-refractivity contribution in [2.75, 3.05) is 6.54 Å². The number of hydrogen-bond acceptors (Lipinski definition) is 4. The van der Waals surface area contributed by atoms with E-state index in [2.05, 4.69) is 12.1 Å². The SMILES string of the molecule is CC.CC(=O)N(CC(CCc1ccccc1)N1OC1C)C(C)=O. The molecule has 0 radical (unpaired) electrons. The number of imide groups is 1. The fourth-order valence-corrected chi connectivity index (χ4v) is 2.50. The molecule has 3 atom stereocenters. The Morgan fingerprint density at radius 2 is 1.70 bits per heavy atom. The zero-order chi connectivity index (χ0) is 17.4. The van der Waals surface area contributed by atoms with E-state index >= 15 is 0 Å². The van der Waals surface area contributed by atoms with Crippen LogP contribution >= 0.6 is 0 Å². The maximum absolute atomic E-state index is 11.6. The molecule has 1 aliphatic heterocycles. The molecule has 0 bridgehead atoms. The van der Waals surface area contributed by atoms with Crippen molar-refractivity contribution in [3.8, 4) is 0 Å². The summed E-state index contributed by atoms with van der Waals surface area (Å²) in [4.78, 5) is 29.8. The van der Waals surface area contributed by atoms with Crippen LogP contribution in [0.15, 0.2) is 30.3 Å². The van der Waals surface area contributed by atoms with Crippen molar-refractivity contribution in [1.82, 2.24) is 9.96 Å². The predicted molar refractivity (Wildman–Crippen MR) is 90.4 cm³/mol. The summed E-state index contributed by atoms with van der Waals surface area (Å²) in [6.45, 7) is 9.17. The Kier molecular flexibility index (Phi) is 7.92. The monoisotopic (exact) mass is 320 g/mol. The molecular weight excluding hydrogens is 292 g/mol. The Morgan fingerprint density at radius 3 is 2.13 bits per heavy atom. The number of benzene rings is 1. The van der Waals surface area contributed by atoms with E-state index in [9.17, 15) is 9.59 Å². The first-order chi connectivity index (χ1) is 11.0. The van der Waals surface area contributed by atoms with Gasteiger partial charge in [0, 0.05) is 20.4 Å². The van der Waals surface area contributed by atoms with Crippen LogP contribution in [0.3, 0.4) is 0 Å². The van der Waals surface area contributed by atoms with Gasteiger partial charge in [0.2, 0.25) is 11.8 Å². The van der Waals surface area contributed by atoms with Crippen LogP contribution in [0, 0.1) is 0 Å². The summed E-state index contributed by atoms with van der Waals surface area (Å²) in [7, 11) is 0. The topological polar surface area (TPSA) is 52.9 Å². The number of rotatable bonds is 6. The minimum atomic E-state index is -0.221. The number of nitrogens with zero attached hydrogens (tertiary/aromatic N) is 2. The first-order valence-corrected chi connectivity index (χ1v) is 8.26. The molecule has 1 aromatic carbocycles. The van der Waals surface area contributed by atoms with Crippen LogP contribution in [0.25, 0.3) is 0 Å². The number of aryl methyl sites for hydroxylation is 1. The Hall–Kier alpha value is -1.72. The highest BCUT2D eigenvalue weighted by Crippen LogP contribution is 2.26. The first-order valence-electron chi connectivity index (χ1n) is 8.26. The molecule has 2 rings (SSSR count). The minimum absolute atomic E-state index is 0.0352. The summed E-state index contributed by atoms with van der Waals surface area (Å²) in [6.07, 6.45) is 1.79. The van der Waals surface area contributed by atoms with Crippen molar-refractivity contribution < 1.29 is 14.4 Å². The summed E-state index contributed by atoms with van der Waals surface area (Å²) in [5.41, 5.74) is 1.24. The number of amides is 2. The maximum atomic E-state index is 11.6. The molecule has 1 aliphatic rings. The third kappa shape index (κ3) is 6.12. The molecule has 0 saturated carbocycles. The fraction of sp³-hybridized carbons (Fsp3) is 0.556. The molecule has 1 fully saturated rings. The van der Waals surface area contributed by atoms with E-state index in [1.807, 2.05) is 44.0 Å². The van der Waals surface area contributed by atoms with Crippen molar-refractivity contribution >= 4 is 11.8 Å². The van der Waals surface area contributed by atoms with Crippen molar-refractivity contribution in [1.29, 1.82) is 0 Å². The van der Waals surface area contributed by atoms with Gasteiger partial charge in [-0.15, -0.1) is 0 Å². The van der Waals surface area contributed by atoms with Crippen molar-refractivity contribution in [3.63, 3.8) is 0 Å². The van der Waals surface area contributed by atoms with E-state index < -0.39 is 0 Å². The largest absolute Gasteiger partial charge is 0.281 e. The molecule has 3 unspecified atom stereocenters. The van der Waals surface area contributed by atoms with Crippen molar-refractivity contribution in [2.45, 2.75) is 59.7 Å². The average molecular weight is 320 g/mol. The lowest BCUT2D eigenvalue weighted by atomic mass is 10.0. The quantitative estimate of drug-likeness (QED) is 0.756. The van der Waals surface area contributed by atoms with Gasteiger partial charge in [0.15, 0.2) is 6.23 Å². The predicted octanol–water partition coefficient (Wildman–Crippen LogP) is 3.00. The second kappa shape index (κ2) is 9.43. The molecule has 128 valence electrons. The van der Waals surface area contributed by atoms with Gasteiger partial charge in [0.1, 0.15) is 0 Å². The second-order valence-electron chi connectivity index (χ2n) is 5.39. The Morgan fingerprint density at radius 1 is 1.17 bits per heavy atom. The van der Waals surface area contributed by atoms with Crippen LogP contribution in [0.4, 0.5) is 0 Å². The van der Waals surface area contributed by atoms with Gasteiger partial charge in [0.25, 0.3) is 0 Å². The number of hydrogen-bond donors (Lipinski definition) is 0. The van der Waals surface area contributed by atoms with Gasteiger partial charge in [-0.25, -0.2) is 0 Å². The van der Waals surface area contributed by atoms with E-state index in [-0.39, 0.29) is 24.1 Å². The molecule has 0 aliphatic carbocycles. The fourth-order valence-electron chi connectivity index (χ4n) is 2.50. The number of carbonyl (C=O) groups is 2. The zero-order valence-electron chi connectivity index (χ0n) is 14.8. The van der Waals surface area contributed by atoms with Crippen LogP contribution in [0.2, 0.25) is 0 Å². The summed E-state index contributed by atoms with van der Waals surface area (Å²) in [5.74, 6) is -0.441. The molecule has 0 spiro atoms. The van der Waals surface area contributed by atoms with Gasteiger partial charge >= 0.3 is 0 Å². The molecule has 0 aromatic heterocycles. The van der Waals surface area contributed by atoms with E-state index in [0.717, 1.165) is 12.8 Å². The molecule has 23 heavy (non-hydrogen) atoms. The van der Waals surface area contributed by atoms with Gasteiger partial charge in [-0.3, -0.25) is 19.3 Å². The van der Waals surface area contributed by atoms with Crippen LogP contribution in [0.5, 0.6) is 0 Å². The van der Waals surface area contributed by atoms with Crippen molar-refractivity contribution in [2.24, 2.45) is 0 Å². The lowest BCUT2D eigenvalue weighted by molar-refractivity contribution is -0.143. The van der Waals surface area contributed by atoms with Gasteiger partial charge < -0.3 is 0 Å². The smallest absolute Gasteiger partial charge is 0.226 e. The third-order valence-corrected chi connectivity index (χ3v) is 3.71. The van der Waals surface area contributed by atoms with Gasteiger partial charge in [0.05, 0.1) is 6.04 Å². The minimum Gasteiger partial charge on any atom is -0.281 e. The van der Waals surface area contributed by atoms with Gasteiger partial charge in [-0.2, -0.15) is 5.06 Å². The van der Waals surface area contributed by atoms with Gasteiger partial charge in [-0.1, -0.05) is 44.2 Å². The van der Waals surface area contributed by atoms with Crippen LogP contribution < -0.4 is 0 Å². The Bertz CT molecular complexity index is 490. The molecular formula is C18H28N2O3. The average Bonchev–Trinajstić information content (AvgIpc) is 3.26. The summed E-state index contributed by atoms with van der Waals surface area (Å²) in [6, 6.07) is 10.2. The molecule has 0 N–H and O–H groups in total. The first kappa shape index (κ1) is 19.3. The third-order valence-electron chi connectivity index (χ3n) is 3.71. The van der Waals surface area contributed by atoms with Gasteiger partial charge in [-0.05, 0) is 25.3 Å². The molecule has 1 heterocycles. The van der Waals surface area contributed by atoms with Crippen molar-refractivity contribution in [3.05, 3.63) is 35.9 Å². The molecule has 1 aromatic rings. The summed E-state index contributed by atoms with van der Waals surface area (Å²) < 4.78 is 0. The number of carbonyl (C=O) groups excluding carboxylic acids is 2. The summed E-state index contributed by atoms with van der Waals surface area (Å²) >= 11 is 0. The summed E-state index contributed by atoms with van der Waals surface area (Å²) in [5, 5.41) is 1.86. The zero-order valence-corrected chi connectivity index (χ0v) is 14.8. The van der Waals surface area contributed by atoms with E-state index in [1.165, 1.54) is 24.3 Å². The molecule has 2 amide bonds. The highest BCUT2D eigenvalue weighted by atomic mass is 16.8. The molecule has 5 nitrogen and oxygen atoms in total. The van der Waals surface area contributed by atoms with Crippen LogP contribution in [-0.2, 0) is 20.8 Å². The van der Waals surface area contributed by atoms with E-state index in [4.69, 9.17) is 4.84 Å². The highest BCUT2D eigenvalue weighted by molar-refractivity contribution is 5.92. The Balaban J connectivity index is 0.00000127. The van der Waals surface area contributed by atoms with Crippen LogP contribution in [0.1, 0.15) is 46.6 Å². The molecule has 1 saturated heterocycles. The van der Waals surface area contributed by atoms with E-state index in [1.54, 1.807) is 0 Å². The Labute approximate surface area is 139 Å². The van der Waals surface area contributed by atoms with Crippen LogP contribution in [-0.4, -0.2) is 40.6 Å². The van der Waals surface area contributed by atoms with E-state index in [0.29, 0.717) is 6.54 Å². The standard InChI is InChI=1S/C16H22N2O3.C2H6/c1-12(19)17(13(2)20)11-16(18-14(3)21-18)10-9-15-7-5-4-6-8-15;1-2/h4-8,14,16H,9-11H2,1-3H3;1-2H3. The number of hydroxylamine groups is 2. The maximum Gasteiger partial charge on any atom is 0.226 e. The second-order valence-corrected chi connectivity index (χ2v) is 5.39. The lowest BCUT2D eigenvalue weighted by Gasteiger charge is -2.24.